The molecule has 0 aliphatic carbocycles. The van der Waals surface area contributed by atoms with E-state index in [0.717, 1.165) is 12.1 Å². The number of hydrogen-bond acceptors (Lipinski definition) is 3. The van der Waals surface area contributed by atoms with E-state index < -0.39 is 17.7 Å². The molecule has 1 unspecified atom stereocenters. The second kappa shape index (κ2) is 5.39. The molecule has 0 aliphatic rings. The van der Waals surface area contributed by atoms with Gasteiger partial charge in [0.25, 0.3) is 0 Å². The van der Waals surface area contributed by atoms with Crippen LogP contribution in [0.4, 0.5) is 8.78 Å². The number of hydrogen-bond donors (Lipinski definition) is 2. The monoisotopic (exact) mass is 269 g/mol. The molecule has 18 heavy (non-hydrogen) atoms. The Morgan fingerprint density at radius 1 is 1.22 bits per heavy atom. The molecular weight excluding hydrogens is 260 g/mol. The van der Waals surface area contributed by atoms with Gasteiger partial charge in [0, 0.05) is 6.20 Å². The van der Waals surface area contributed by atoms with Crippen LogP contribution >= 0.6 is 11.6 Å². The summed E-state index contributed by atoms with van der Waals surface area (Å²) < 4.78 is 26.1. The molecule has 0 saturated carbocycles. The normalized spacial score (nSPS) is 12.4. The average Bonchev–Trinajstić information content (AvgIpc) is 2.37. The topological polar surface area (TPSA) is 50.9 Å². The Balaban J connectivity index is 2.45. The number of nitrogens with zero attached hydrogens (tertiary/aromatic N) is 1. The molecule has 2 aromatic rings. The Hall–Kier alpha value is -1.56. The molecule has 0 radical (unpaired) electrons. The van der Waals surface area contributed by atoms with Crippen molar-refractivity contribution in [3.63, 3.8) is 0 Å². The van der Waals surface area contributed by atoms with Crippen LogP contribution in [0.2, 0.25) is 5.02 Å². The second-order valence-electron chi connectivity index (χ2n) is 3.64. The van der Waals surface area contributed by atoms with Gasteiger partial charge in [-0.15, -0.1) is 0 Å². The Morgan fingerprint density at radius 3 is 2.61 bits per heavy atom. The summed E-state index contributed by atoms with van der Waals surface area (Å²) in [5.74, 6) is 3.57. The predicted octanol–water partition coefficient (Wildman–Crippen LogP) is 2.57. The summed E-state index contributed by atoms with van der Waals surface area (Å²) in [6, 6.07) is 6.23. The summed E-state index contributed by atoms with van der Waals surface area (Å²) in [4.78, 5) is 4.09. The molecule has 2 rings (SSSR count). The minimum atomic E-state index is -0.945. The minimum absolute atomic E-state index is 0.394. The zero-order valence-corrected chi connectivity index (χ0v) is 9.96. The zero-order valence-electron chi connectivity index (χ0n) is 9.20. The lowest BCUT2D eigenvalue weighted by Crippen LogP contribution is -2.29. The van der Waals surface area contributed by atoms with Crippen molar-refractivity contribution in [2.24, 2.45) is 5.84 Å². The van der Waals surface area contributed by atoms with E-state index in [0.29, 0.717) is 16.3 Å². The molecule has 94 valence electrons. The van der Waals surface area contributed by atoms with Gasteiger partial charge in [0.05, 0.1) is 16.8 Å². The van der Waals surface area contributed by atoms with Crippen molar-refractivity contribution in [3.8, 4) is 0 Å². The molecule has 0 aliphatic heterocycles. The Kier molecular flexibility index (Phi) is 3.86. The van der Waals surface area contributed by atoms with Crippen LogP contribution in [0.25, 0.3) is 0 Å². The van der Waals surface area contributed by atoms with Crippen molar-refractivity contribution in [2.45, 2.75) is 6.04 Å². The summed E-state index contributed by atoms with van der Waals surface area (Å²) in [7, 11) is 0. The third-order valence-corrected chi connectivity index (χ3v) is 2.82. The van der Waals surface area contributed by atoms with Crippen LogP contribution in [0, 0.1) is 11.6 Å². The van der Waals surface area contributed by atoms with E-state index in [1.54, 1.807) is 18.3 Å². The van der Waals surface area contributed by atoms with Crippen molar-refractivity contribution in [3.05, 3.63) is 64.4 Å². The lowest BCUT2D eigenvalue weighted by atomic mass is 10.0. The van der Waals surface area contributed by atoms with Crippen LogP contribution < -0.4 is 11.3 Å². The Bertz CT molecular complexity index is 563. The summed E-state index contributed by atoms with van der Waals surface area (Å²) in [6.07, 6.45) is 1.55. The van der Waals surface area contributed by atoms with Crippen molar-refractivity contribution in [2.75, 3.05) is 0 Å². The highest BCUT2D eigenvalue weighted by Crippen LogP contribution is 2.26. The van der Waals surface area contributed by atoms with Gasteiger partial charge >= 0.3 is 0 Å². The first-order valence-electron chi connectivity index (χ1n) is 5.15. The molecule has 0 fully saturated rings. The number of nitrogens with one attached hydrogen (secondary N) is 1. The summed E-state index contributed by atoms with van der Waals surface area (Å²) in [6.45, 7) is 0. The minimum Gasteiger partial charge on any atom is -0.271 e. The van der Waals surface area contributed by atoms with Crippen molar-refractivity contribution in [1.29, 1.82) is 0 Å². The largest absolute Gasteiger partial charge is 0.271 e. The number of hydrazine groups is 1. The highest BCUT2D eigenvalue weighted by Gasteiger charge is 2.18. The first-order valence-corrected chi connectivity index (χ1v) is 5.52. The van der Waals surface area contributed by atoms with Crippen LogP contribution in [0.3, 0.4) is 0 Å². The number of benzene rings is 1. The smallest absolute Gasteiger partial charge is 0.159 e. The van der Waals surface area contributed by atoms with Gasteiger partial charge in [-0.3, -0.25) is 10.8 Å². The number of rotatable bonds is 3. The van der Waals surface area contributed by atoms with Gasteiger partial charge in [0.2, 0.25) is 0 Å². The van der Waals surface area contributed by atoms with E-state index in [1.165, 1.54) is 6.07 Å². The number of aromatic nitrogens is 1. The molecule has 1 aromatic carbocycles. The van der Waals surface area contributed by atoms with E-state index in [-0.39, 0.29) is 0 Å². The molecule has 6 heteroatoms. The zero-order chi connectivity index (χ0) is 13.1. The third-order valence-electron chi connectivity index (χ3n) is 2.50. The van der Waals surface area contributed by atoms with Crippen molar-refractivity contribution >= 4 is 11.6 Å². The highest BCUT2D eigenvalue weighted by atomic mass is 35.5. The van der Waals surface area contributed by atoms with Crippen LogP contribution in [0.15, 0.2) is 36.5 Å². The van der Waals surface area contributed by atoms with Gasteiger partial charge < -0.3 is 0 Å². The summed E-state index contributed by atoms with van der Waals surface area (Å²) in [5, 5.41) is 0.394. The van der Waals surface area contributed by atoms with Crippen LogP contribution in [-0.4, -0.2) is 4.98 Å². The molecule has 0 spiro atoms. The first-order chi connectivity index (χ1) is 8.63. The van der Waals surface area contributed by atoms with E-state index in [2.05, 4.69) is 10.4 Å². The molecule has 1 heterocycles. The first kappa shape index (κ1) is 12.9. The summed E-state index contributed by atoms with van der Waals surface area (Å²) in [5.41, 5.74) is 3.38. The van der Waals surface area contributed by atoms with Gasteiger partial charge in [-0.1, -0.05) is 17.7 Å². The summed E-state index contributed by atoms with van der Waals surface area (Å²) >= 11 is 5.99. The van der Waals surface area contributed by atoms with Gasteiger partial charge in [0.1, 0.15) is 0 Å². The fourth-order valence-corrected chi connectivity index (χ4v) is 1.87. The van der Waals surface area contributed by atoms with Crippen molar-refractivity contribution in [1.82, 2.24) is 10.4 Å². The lowest BCUT2D eigenvalue weighted by molar-refractivity contribution is 0.503. The maximum absolute atomic E-state index is 13.2. The van der Waals surface area contributed by atoms with Gasteiger partial charge in [-0.05, 0) is 29.8 Å². The maximum Gasteiger partial charge on any atom is 0.159 e. The number of halogens is 3. The number of nitrogens with two attached hydrogens (primary N) is 1. The molecular formula is C12H10ClF2N3. The Labute approximate surface area is 108 Å². The van der Waals surface area contributed by atoms with Gasteiger partial charge in [-0.2, -0.15) is 0 Å². The quantitative estimate of drug-likeness (QED) is 0.665. The average molecular weight is 270 g/mol. The molecule has 0 bridgehead atoms. The highest BCUT2D eigenvalue weighted by molar-refractivity contribution is 6.31. The fourth-order valence-electron chi connectivity index (χ4n) is 1.64. The lowest BCUT2D eigenvalue weighted by Gasteiger charge is -2.17. The van der Waals surface area contributed by atoms with E-state index in [1.807, 2.05) is 0 Å². The molecule has 0 saturated heterocycles. The van der Waals surface area contributed by atoms with Crippen LogP contribution in [-0.2, 0) is 0 Å². The van der Waals surface area contributed by atoms with Gasteiger partial charge in [0.15, 0.2) is 11.6 Å². The maximum atomic E-state index is 13.2. The van der Waals surface area contributed by atoms with E-state index >= 15 is 0 Å². The molecule has 3 N–H and O–H groups in total. The fraction of sp³-hybridized carbons (Fsp3) is 0.0833. The molecule has 1 aromatic heterocycles. The SMILES string of the molecule is NNC(c1ccc(F)c(F)c1)c1ncccc1Cl. The van der Waals surface area contributed by atoms with Crippen LogP contribution in [0.1, 0.15) is 17.3 Å². The van der Waals surface area contributed by atoms with Crippen LogP contribution in [0.5, 0.6) is 0 Å². The standard InChI is InChI=1S/C12H10ClF2N3/c13-8-2-1-5-17-12(8)11(18-16)7-3-4-9(14)10(15)6-7/h1-6,11,18H,16H2. The molecule has 0 amide bonds. The van der Waals surface area contributed by atoms with Crippen molar-refractivity contribution < 1.29 is 8.78 Å². The third kappa shape index (κ3) is 2.48. The number of pyridine rings is 1. The predicted molar refractivity (Wildman–Crippen MR) is 64.8 cm³/mol. The van der Waals surface area contributed by atoms with E-state index in [4.69, 9.17) is 17.4 Å². The molecule has 3 nitrogen and oxygen atoms in total. The van der Waals surface area contributed by atoms with E-state index in [9.17, 15) is 8.78 Å². The van der Waals surface area contributed by atoms with Gasteiger partial charge in [-0.25, -0.2) is 14.2 Å². The second-order valence-corrected chi connectivity index (χ2v) is 4.05. The Morgan fingerprint density at radius 2 is 2.00 bits per heavy atom. The molecule has 1 atom stereocenters.